The quantitative estimate of drug-likeness (QED) is 0.159. The summed E-state index contributed by atoms with van der Waals surface area (Å²) in [5, 5.41) is 0. The Hall–Kier alpha value is -7.23. The first kappa shape index (κ1) is 32.7. The van der Waals surface area contributed by atoms with Crippen molar-refractivity contribution in [2.75, 3.05) is 0 Å². The molecule has 0 radical (unpaired) electrons. The SMILES string of the molecule is c1ccc(-c2ccc(-c3cc(-c4ccc(-c5ccccc5)cc4)nc(-c4ccc(-c5cnc(-c6ccccc6)c(-c6ccccc6)c5)cc4)n3)cc2)cc1. The first-order valence-electron chi connectivity index (χ1n) is 18.2. The maximum Gasteiger partial charge on any atom is 0.160 e. The Morgan fingerprint density at radius 2 is 0.611 bits per heavy atom. The predicted molar refractivity (Wildman–Crippen MR) is 223 cm³/mol. The van der Waals surface area contributed by atoms with Crippen molar-refractivity contribution in [1.82, 2.24) is 15.0 Å². The van der Waals surface area contributed by atoms with Gasteiger partial charge in [0.25, 0.3) is 0 Å². The number of aromatic nitrogens is 3. The van der Waals surface area contributed by atoms with Gasteiger partial charge in [0.05, 0.1) is 17.1 Å². The van der Waals surface area contributed by atoms with Crippen LogP contribution < -0.4 is 0 Å². The lowest BCUT2D eigenvalue weighted by atomic mass is 9.95. The smallest absolute Gasteiger partial charge is 0.160 e. The van der Waals surface area contributed by atoms with Crippen LogP contribution in [-0.2, 0) is 0 Å². The van der Waals surface area contributed by atoms with E-state index in [0.717, 1.165) is 61.6 Å². The second kappa shape index (κ2) is 14.8. The lowest BCUT2D eigenvalue weighted by Crippen LogP contribution is -1.96. The van der Waals surface area contributed by atoms with Crippen LogP contribution in [0.4, 0.5) is 0 Å². The summed E-state index contributed by atoms with van der Waals surface area (Å²) < 4.78 is 0. The van der Waals surface area contributed by atoms with Crippen LogP contribution in [0.2, 0.25) is 0 Å². The van der Waals surface area contributed by atoms with Gasteiger partial charge in [-0.3, -0.25) is 4.98 Å². The van der Waals surface area contributed by atoms with E-state index in [0.29, 0.717) is 5.82 Å². The van der Waals surface area contributed by atoms with Gasteiger partial charge >= 0.3 is 0 Å². The molecule has 7 aromatic carbocycles. The lowest BCUT2D eigenvalue weighted by molar-refractivity contribution is 1.18. The van der Waals surface area contributed by atoms with Crippen LogP contribution in [-0.4, -0.2) is 15.0 Å². The molecule has 3 nitrogen and oxygen atoms in total. The third kappa shape index (κ3) is 6.87. The van der Waals surface area contributed by atoms with Gasteiger partial charge in [-0.2, -0.15) is 0 Å². The Balaban J connectivity index is 1.09. The molecule has 54 heavy (non-hydrogen) atoms. The minimum Gasteiger partial charge on any atom is -0.255 e. The average molecular weight is 690 g/mol. The van der Waals surface area contributed by atoms with Crippen molar-refractivity contribution in [3.05, 3.63) is 212 Å². The fraction of sp³-hybridized carbons (Fsp3) is 0. The molecular formula is C51H35N3. The first-order chi connectivity index (χ1) is 26.7. The zero-order valence-corrected chi connectivity index (χ0v) is 29.5. The van der Waals surface area contributed by atoms with Gasteiger partial charge in [-0.25, -0.2) is 9.97 Å². The van der Waals surface area contributed by atoms with Gasteiger partial charge < -0.3 is 0 Å². The molecule has 9 aromatic rings. The van der Waals surface area contributed by atoms with E-state index < -0.39 is 0 Å². The van der Waals surface area contributed by atoms with E-state index >= 15 is 0 Å². The van der Waals surface area contributed by atoms with E-state index in [4.69, 9.17) is 15.0 Å². The Kier molecular flexibility index (Phi) is 8.94. The fourth-order valence-electron chi connectivity index (χ4n) is 6.90. The second-order valence-electron chi connectivity index (χ2n) is 13.3. The van der Waals surface area contributed by atoms with E-state index in [1.165, 1.54) is 22.3 Å². The van der Waals surface area contributed by atoms with E-state index in [1.807, 2.05) is 30.5 Å². The van der Waals surface area contributed by atoms with E-state index in [1.54, 1.807) is 0 Å². The van der Waals surface area contributed by atoms with Crippen LogP contribution in [0, 0.1) is 0 Å². The average Bonchev–Trinajstić information content (AvgIpc) is 3.27. The number of nitrogens with zero attached hydrogens (tertiary/aromatic N) is 3. The highest BCUT2D eigenvalue weighted by Gasteiger charge is 2.14. The number of rotatable bonds is 8. The normalized spacial score (nSPS) is 11.0. The zero-order valence-electron chi connectivity index (χ0n) is 29.5. The van der Waals surface area contributed by atoms with E-state index in [-0.39, 0.29) is 0 Å². The first-order valence-corrected chi connectivity index (χ1v) is 18.2. The van der Waals surface area contributed by atoms with Gasteiger partial charge in [0, 0.05) is 39.6 Å². The Morgan fingerprint density at radius 3 is 1.07 bits per heavy atom. The summed E-state index contributed by atoms with van der Waals surface area (Å²) in [7, 11) is 0. The standard InChI is InChI=1S/C51H35N3/c1-5-13-36(14-6-1)38-21-27-42(28-22-38)48-34-49(43-29-23-39(24-30-43)37-15-7-2-8-16-37)54-51(53-48)45-31-25-40(26-32-45)46-33-47(41-17-9-3-10-18-41)50(52-35-46)44-19-11-4-12-20-44/h1-35H. The molecule has 0 saturated carbocycles. The molecule has 0 aliphatic carbocycles. The molecule has 3 heteroatoms. The molecule has 0 atom stereocenters. The molecule has 0 aliphatic heterocycles. The highest BCUT2D eigenvalue weighted by Crippen LogP contribution is 2.35. The van der Waals surface area contributed by atoms with Crippen LogP contribution in [0.15, 0.2) is 212 Å². The van der Waals surface area contributed by atoms with Gasteiger partial charge in [0.2, 0.25) is 0 Å². The summed E-state index contributed by atoms with van der Waals surface area (Å²) in [5.41, 5.74) is 15.9. The lowest BCUT2D eigenvalue weighted by Gasteiger charge is -2.13. The molecule has 0 bridgehead atoms. The van der Waals surface area contributed by atoms with Crippen molar-refractivity contribution in [3.63, 3.8) is 0 Å². The Labute approximate surface area is 316 Å². The van der Waals surface area contributed by atoms with Crippen molar-refractivity contribution in [2.24, 2.45) is 0 Å². The maximum atomic E-state index is 5.14. The molecule has 0 N–H and O–H groups in total. The van der Waals surface area contributed by atoms with Crippen molar-refractivity contribution in [3.8, 4) is 89.7 Å². The monoisotopic (exact) mass is 689 g/mol. The van der Waals surface area contributed by atoms with Crippen molar-refractivity contribution < 1.29 is 0 Å². The summed E-state index contributed by atoms with van der Waals surface area (Å²) >= 11 is 0. The van der Waals surface area contributed by atoms with Gasteiger partial charge in [-0.15, -0.1) is 0 Å². The fourth-order valence-corrected chi connectivity index (χ4v) is 6.90. The Morgan fingerprint density at radius 1 is 0.259 bits per heavy atom. The van der Waals surface area contributed by atoms with Gasteiger partial charge in [0.1, 0.15) is 0 Å². The van der Waals surface area contributed by atoms with Crippen LogP contribution >= 0.6 is 0 Å². The summed E-state index contributed by atoms with van der Waals surface area (Å²) in [5.74, 6) is 0.677. The van der Waals surface area contributed by atoms with Gasteiger partial charge in [-0.05, 0) is 45.5 Å². The van der Waals surface area contributed by atoms with E-state index in [2.05, 4.69) is 182 Å². The topological polar surface area (TPSA) is 38.7 Å². The van der Waals surface area contributed by atoms with Crippen molar-refractivity contribution >= 4 is 0 Å². The summed E-state index contributed by atoms with van der Waals surface area (Å²) in [6, 6.07) is 71.8. The predicted octanol–water partition coefficient (Wildman–Crippen LogP) is 13.2. The van der Waals surface area contributed by atoms with Crippen LogP contribution in [0.1, 0.15) is 0 Å². The van der Waals surface area contributed by atoms with Crippen molar-refractivity contribution in [2.45, 2.75) is 0 Å². The minimum absolute atomic E-state index is 0.677. The summed E-state index contributed by atoms with van der Waals surface area (Å²) in [6.45, 7) is 0. The molecule has 0 fully saturated rings. The van der Waals surface area contributed by atoms with Crippen LogP contribution in [0.5, 0.6) is 0 Å². The number of benzene rings is 7. The minimum atomic E-state index is 0.677. The zero-order chi connectivity index (χ0) is 36.1. The molecular weight excluding hydrogens is 655 g/mol. The third-order valence-corrected chi connectivity index (χ3v) is 9.80. The number of pyridine rings is 1. The molecule has 9 rings (SSSR count). The molecule has 2 heterocycles. The molecule has 254 valence electrons. The van der Waals surface area contributed by atoms with Gasteiger partial charge in [0.15, 0.2) is 5.82 Å². The third-order valence-electron chi connectivity index (χ3n) is 9.80. The van der Waals surface area contributed by atoms with Crippen LogP contribution in [0.3, 0.4) is 0 Å². The van der Waals surface area contributed by atoms with Gasteiger partial charge in [-0.1, -0.05) is 194 Å². The number of hydrogen-bond donors (Lipinski definition) is 0. The largest absolute Gasteiger partial charge is 0.255 e. The highest BCUT2D eigenvalue weighted by molar-refractivity contribution is 5.85. The summed E-state index contributed by atoms with van der Waals surface area (Å²) in [6.07, 6.45) is 1.97. The second-order valence-corrected chi connectivity index (χ2v) is 13.3. The molecule has 0 spiro atoms. The molecule has 0 aliphatic rings. The number of hydrogen-bond acceptors (Lipinski definition) is 3. The Bertz CT molecular complexity index is 2540. The molecule has 0 saturated heterocycles. The highest BCUT2D eigenvalue weighted by atomic mass is 14.9. The maximum absolute atomic E-state index is 5.14. The van der Waals surface area contributed by atoms with E-state index in [9.17, 15) is 0 Å². The van der Waals surface area contributed by atoms with Crippen molar-refractivity contribution in [1.29, 1.82) is 0 Å². The molecule has 0 unspecified atom stereocenters. The summed E-state index contributed by atoms with van der Waals surface area (Å²) in [4.78, 5) is 15.3. The van der Waals surface area contributed by atoms with Crippen LogP contribution in [0.25, 0.3) is 89.7 Å². The molecule has 2 aromatic heterocycles. The molecule has 0 amide bonds.